The Hall–Kier alpha value is -1.81. The van der Waals surface area contributed by atoms with Gasteiger partial charge in [-0.2, -0.15) is 0 Å². The van der Waals surface area contributed by atoms with Crippen molar-refractivity contribution in [1.82, 2.24) is 9.97 Å². The van der Waals surface area contributed by atoms with Crippen LogP contribution in [0.2, 0.25) is 0 Å². The number of nitrogens with two attached hydrogens (primary N) is 1. The maximum atomic E-state index is 6.27. The molecule has 1 aromatic carbocycles. The molecule has 0 bridgehead atoms. The van der Waals surface area contributed by atoms with E-state index in [1.165, 1.54) is 35.3 Å². The van der Waals surface area contributed by atoms with Crippen LogP contribution in [0.15, 0.2) is 18.2 Å². The molecule has 0 fully saturated rings. The molecule has 1 aliphatic rings. The summed E-state index contributed by atoms with van der Waals surface area (Å²) in [4.78, 5) is 9.70. The fourth-order valence-corrected chi connectivity index (χ4v) is 4.30. The minimum Gasteiger partial charge on any atom is -0.390 e. The van der Waals surface area contributed by atoms with Crippen LogP contribution in [0, 0.1) is 6.92 Å². The average Bonchev–Trinajstić information content (AvgIpc) is 2.99. The Bertz CT molecular complexity index is 798. The largest absolute Gasteiger partial charge is 0.390 e. The summed E-state index contributed by atoms with van der Waals surface area (Å²) in [6.45, 7) is 2.10. The highest BCUT2D eigenvalue weighted by Gasteiger charge is 2.22. The summed E-state index contributed by atoms with van der Waals surface area (Å²) in [5.41, 5.74) is 12.2. The third kappa shape index (κ3) is 1.68. The van der Waals surface area contributed by atoms with Crippen molar-refractivity contribution in [2.24, 2.45) is 0 Å². The highest BCUT2D eigenvalue weighted by atomic mass is 32.1. The lowest BCUT2D eigenvalue weighted by Gasteiger charge is -2.11. The molecule has 3 aromatic rings. The molecule has 20 heavy (non-hydrogen) atoms. The van der Waals surface area contributed by atoms with Crippen LogP contribution < -0.4 is 5.73 Å². The van der Waals surface area contributed by atoms with Gasteiger partial charge in [0.15, 0.2) is 0 Å². The normalized spacial score (nSPS) is 14.7. The van der Waals surface area contributed by atoms with Crippen molar-refractivity contribution in [2.45, 2.75) is 32.6 Å². The van der Waals surface area contributed by atoms with Crippen molar-refractivity contribution < 1.29 is 0 Å². The van der Waals surface area contributed by atoms with Crippen molar-refractivity contribution in [3.63, 3.8) is 0 Å². The van der Waals surface area contributed by atoms with Gasteiger partial charge in [0.2, 0.25) is 0 Å². The van der Waals surface area contributed by atoms with Crippen LogP contribution in [-0.4, -0.2) is 9.97 Å². The van der Waals surface area contributed by atoms with Gasteiger partial charge in [-0.05, 0) is 49.8 Å². The van der Waals surface area contributed by atoms with Gasteiger partial charge in [0.25, 0.3) is 0 Å². The predicted octanol–water partition coefficient (Wildman–Crippen LogP) is 4.06. The number of imidazole rings is 1. The molecule has 0 saturated heterocycles. The maximum absolute atomic E-state index is 6.27. The quantitative estimate of drug-likeness (QED) is 0.707. The van der Waals surface area contributed by atoms with E-state index >= 15 is 0 Å². The molecular weight excluding hydrogens is 266 g/mol. The number of nitrogens with one attached hydrogen (secondary N) is 1. The molecule has 3 nitrogen and oxygen atoms in total. The van der Waals surface area contributed by atoms with E-state index in [4.69, 9.17) is 10.7 Å². The summed E-state index contributed by atoms with van der Waals surface area (Å²) >= 11 is 1.74. The van der Waals surface area contributed by atoms with Crippen molar-refractivity contribution in [2.75, 3.05) is 5.73 Å². The van der Waals surface area contributed by atoms with E-state index in [2.05, 4.69) is 30.1 Å². The number of hydrogen-bond acceptors (Lipinski definition) is 3. The molecule has 102 valence electrons. The van der Waals surface area contributed by atoms with Crippen LogP contribution in [-0.2, 0) is 12.8 Å². The van der Waals surface area contributed by atoms with Gasteiger partial charge >= 0.3 is 0 Å². The molecule has 1 aliphatic carbocycles. The van der Waals surface area contributed by atoms with E-state index in [1.54, 1.807) is 11.3 Å². The first-order chi connectivity index (χ1) is 9.74. The Labute approximate surface area is 121 Å². The highest BCUT2D eigenvalue weighted by molar-refractivity contribution is 7.16. The van der Waals surface area contributed by atoms with Gasteiger partial charge in [0, 0.05) is 4.88 Å². The number of aromatic nitrogens is 2. The summed E-state index contributed by atoms with van der Waals surface area (Å²) in [5.74, 6) is 0.936. The fraction of sp³-hybridized carbons (Fsp3) is 0.312. The molecule has 0 atom stereocenters. The molecule has 4 rings (SSSR count). The van der Waals surface area contributed by atoms with Crippen LogP contribution in [0.1, 0.15) is 28.8 Å². The number of para-hydroxylation sites is 1. The number of nitrogens with zero attached hydrogens (tertiary/aromatic N) is 1. The number of aromatic amines is 1. The zero-order valence-electron chi connectivity index (χ0n) is 11.5. The minimum absolute atomic E-state index is 0.911. The topological polar surface area (TPSA) is 54.7 Å². The average molecular weight is 283 g/mol. The molecule has 0 radical (unpaired) electrons. The second-order valence-corrected chi connectivity index (χ2v) is 6.64. The second-order valence-electron chi connectivity index (χ2n) is 5.51. The van der Waals surface area contributed by atoms with E-state index in [0.717, 1.165) is 33.8 Å². The summed E-state index contributed by atoms with van der Waals surface area (Å²) < 4.78 is 0. The number of fused-ring (bicyclic) bond motifs is 2. The SMILES string of the molecule is Cc1cccc2[nH]c(-c3c(N)sc4c3CCCC4)nc12. The van der Waals surface area contributed by atoms with Crippen LogP contribution in [0.3, 0.4) is 0 Å². The molecule has 2 heterocycles. The lowest BCUT2D eigenvalue weighted by Crippen LogP contribution is -2.00. The van der Waals surface area contributed by atoms with Crippen molar-refractivity contribution in [3.05, 3.63) is 34.2 Å². The summed E-state index contributed by atoms with van der Waals surface area (Å²) in [6.07, 6.45) is 4.85. The number of benzene rings is 1. The molecule has 0 unspecified atom stereocenters. The van der Waals surface area contributed by atoms with Crippen molar-refractivity contribution >= 4 is 27.4 Å². The Morgan fingerprint density at radius 1 is 1.25 bits per heavy atom. The van der Waals surface area contributed by atoms with Gasteiger partial charge in [-0.25, -0.2) is 4.98 Å². The van der Waals surface area contributed by atoms with E-state index in [-0.39, 0.29) is 0 Å². The van der Waals surface area contributed by atoms with E-state index < -0.39 is 0 Å². The van der Waals surface area contributed by atoms with Crippen LogP contribution in [0.4, 0.5) is 5.00 Å². The van der Waals surface area contributed by atoms with Gasteiger partial charge in [-0.15, -0.1) is 11.3 Å². The zero-order chi connectivity index (χ0) is 13.7. The minimum atomic E-state index is 0.911. The second kappa shape index (κ2) is 4.35. The maximum Gasteiger partial charge on any atom is 0.141 e. The zero-order valence-corrected chi connectivity index (χ0v) is 12.3. The molecule has 3 N–H and O–H groups in total. The molecule has 0 spiro atoms. The monoisotopic (exact) mass is 283 g/mol. The number of anilines is 1. The van der Waals surface area contributed by atoms with E-state index in [0.29, 0.717) is 0 Å². The number of rotatable bonds is 1. The molecule has 4 heteroatoms. The van der Waals surface area contributed by atoms with Crippen LogP contribution in [0.25, 0.3) is 22.4 Å². The van der Waals surface area contributed by atoms with Crippen molar-refractivity contribution in [1.29, 1.82) is 0 Å². The first kappa shape index (κ1) is 12.0. The lowest BCUT2D eigenvalue weighted by molar-refractivity contribution is 0.698. The molecule has 0 amide bonds. The summed E-state index contributed by atoms with van der Waals surface area (Å²) in [5, 5.41) is 0.911. The van der Waals surface area contributed by atoms with Gasteiger partial charge < -0.3 is 10.7 Å². The third-order valence-electron chi connectivity index (χ3n) is 4.15. The Morgan fingerprint density at radius 2 is 2.10 bits per heavy atom. The molecular formula is C16H17N3S. The summed E-state index contributed by atoms with van der Waals surface area (Å²) in [7, 11) is 0. The Balaban J connectivity index is 1.95. The number of nitrogen functional groups attached to an aromatic ring is 1. The predicted molar refractivity (Wildman–Crippen MR) is 85.2 cm³/mol. The smallest absolute Gasteiger partial charge is 0.141 e. The number of thiophene rings is 1. The number of hydrogen-bond donors (Lipinski definition) is 2. The van der Waals surface area contributed by atoms with E-state index in [1.807, 2.05) is 0 Å². The standard InChI is InChI=1S/C16H17N3S/c1-9-5-4-7-11-14(9)19-16(18-11)13-10-6-2-3-8-12(10)20-15(13)17/h4-5,7H,2-3,6,8,17H2,1H3,(H,18,19). The summed E-state index contributed by atoms with van der Waals surface area (Å²) in [6, 6.07) is 6.24. The third-order valence-corrected chi connectivity index (χ3v) is 5.27. The van der Waals surface area contributed by atoms with Gasteiger partial charge in [0.1, 0.15) is 5.82 Å². The Morgan fingerprint density at radius 3 is 2.95 bits per heavy atom. The molecule has 2 aromatic heterocycles. The molecule has 0 saturated carbocycles. The first-order valence-corrected chi connectivity index (χ1v) is 7.91. The van der Waals surface area contributed by atoms with Crippen LogP contribution in [0.5, 0.6) is 0 Å². The van der Waals surface area contributed by atoms with E-state index in [9.17, 15) is 0 Å². The van der Waals surface area contributed by atoms with Crippen LogP contribution >= 0.6 is 11.3 Å². The number of aryl methyl sites for hydroxylation is 2. The lowest BCUT2D eigenvalue weighted by atomic mass is 9.95. The first-order valence-electron chi connectivity index (χ1n) is 7.10. The van der Waals surface area contributed by atoms with Gasteiger partial charge in [-0.3, -0.25) is 0 Å². The van der Waals surface area contributed by atoms with Gasteiger partial charge in [0.05, 0.1) is 21.6 Å². The Kier molecular flexibility index (Phi) is 2.60. The fourth-order valence-electron chi connectivity index (χ4n) is 3.14. The number of H-pyrrole nitrogens is 1. The highest BCUT2D eigenvalue weighted by Crippen LogP contribution is 2.41. The van der Waals surface area contributed by atoms with Gasteiger partial charge in [-0.1, -0.05) is 12.1 Å². The van der Waals surface area contributed by atoms with Crippen molar-refractivity contribution in [3.8, 4) is 11.4 Å². The molecule has 0 aliphatic heterocycles.